The summed E-state index contributed by atoms with van der Waals surface area (Å²) in [6.45, 7) is 63.7. The lowest BCUT2D eigenvalue weighted by Crippen LogP contribution is -2.35. The Labute approximate surface area is 645 Å². The average molecular weight is 1580 g/mol. The maximum absolute atomic E-state index is 11.9. The summed E-state index contributed by atoms with van der Waals surface area (Å²) < 4.78 is 60.8. The molecule has 0 aliphatic heterocycles. The van der Waals surface area contributed by atoms with Crippen molar-refractivity contribution in [3.63, 3.8) is 0 Å². The molecule has 105 heavy (non-hydrogen) atoms. The normalized spacial score (nSPS) is 11.7. The number of carboxylic acids is 2. The molecular weight excluding hydrogens is 1440 g/mol. The van der Waals surface area contributed by atoms with Crippen LogP contribution in [0.5, 0.6) is 0 Å². The molecule has 0 bridgehead atoms. The molecule has 0 saturated heterocycles. The lowest BCUT2D eigenvalue weighted by Gasteiger charge is -2.26. The zero-order valence-electron chi connectivity index (χ0n) is 69.3. The summed E-state index contributed by atoms with van der Waals surface area (Å²) in [6, 6.07) is 0. The summed E-state index contributed by atoms with van der Waals surface area (Å²) in [6.07, 6.45) is 24.1. The van der Waals surface area contributed by atoms with Crippen molar-refractivity contribution in [3.8, 4) is 34.4 Å². The van der Waals surface area contributed by atoms with E-state index in [1.165, 1.54) is 48.5 Å². The van der Waals surface area contributed by atoms with Gasteiger partial charge in [0, 0.05) is 44.7 Å². The predicted octanol–water partition coefficient (Wildman–Crippen LogP) is 19.3. The molecule has 0 aromatic rings. The highest BCUT2D eigenvalue weighted by atomic mass is 35.5. The number of aldehydes is 1. The van der Waals surface area contributed by atoms with Gasteiger partial charge in [-0.25, -0.2) is 0 Å². The average Bonchev–Trinajstić information content (AvgIpc) is 0.810. The van der Waals surface area contributed by atoms with Gasteiger partial charge in [-0.15, -0.1) is 13.0 Å². The number of aliphatic hydroxyl groups is 1. The minimum Gasteiger partial charge on any atom is -0.481 e. The summed E-state index contributed by atoms with van der Waals surface area (Å²) in [7, 11) is -5.77. The first-order valence-corrected chi connectivity index (χ1v) is 35.5. The van der Waals surface area contributed by atoms with Gasteiger partial charge in [-0.3, -0.25) is 52.7 Å². The number of terminal acetylenes is 1. The van der Waals surface area contributed by atoms with Crippen LogP contribution in [-0.2, 0) is 71.8 Å². The summed E-state index contributed by atoms with van der Waals surface area (Å²) in [5, 5.41) is 32.5. The van der Waals surface area contributed by atoms with Crippen LogP contribution < -0.4 is 0 Å². The van der Waals surface area contributed by atoms with E-state index in [0.29, 0.717) is 12.8 Å². The topological polar surface area (TPSA) is 309 Å². The second-order valence-electron chi connectivity index (χ2n) is 28.1. The first-order chi connectivity index (χ1) is 46.7. The minimum absolute atomic E-state index is 0.0273. The number of carbonyl (C=O) groups excluding carboxylic acids is 10. The molecule has 606 valence electrons. The van der Waals surface area contributed by atoms with Crippen molar-refractivity contribution in [1.29, 1.82) is 0 Å². The molecule has 0 aliphatic rings. The van der Waals surface area contributed by atoms with Gasteiger partial charge in [-0.1, -0.05) is 122 Å². The first-order valence-electron chi connectivity index (χ1n) is 33.0. The number of alkyl halides is 3. The number of aliphatic carboxylic acids is 2. The van der Waals surface area contributed by atoms with Crippen molar-refractivity contribution in [3.05, 3.63) is 73.6 Å². The van der Waals surface area contributed by atoms with E-state index in [0.717, 1.165) is 19.6 Å². The van der Waals surface area contributed by atoms with E-state index in [9.17, 15) is 84.2 Å². The Morgan fingerprint density at radius 2 is 0.848 bits per heavy atom. The van der Waals surface area contributed by atoms with E-state index in [-0.39, 0.29) is 74.8 Å². The lowest BCUT2D eigenvalue weighted by molar-refractivity contribution is -0.149. The SMILES string of the molecule is C#CC(C)(C)C(C)=O.C/C=C/C(C)(C)C(C)=O.C/C=C/CC(C)C(C)(C)C(=O)O.C/C=C/CC(O)C(C)(C)C(C)=O.C/C=C/CC=O.C=C(OS(=O)(=O)C(F)(F)F)C(C)(C)C(C)=O.C=CC(C)(C)C(C)=O.CC(=O)C(C)(C)C#CCl.CC(=O)C(C)(C)C(C)=O.CC(=O)C(C)C.CC(C)C(=O)O.ClC#CCl. The number of carboxylic acid groups (broad SMARTS) is 2. The van der Waals surface area contributed by atoms with Gasteiger partial charge in [0.15, 0.2) is 0 Å². The molecular formula is C80H130Cl3F3O18S. The Morgan fingerprint density at radius 3 is 0.990 bits per heavy atom. The zero-order valence-corrected chi connectivity index (χ0v) is 72.4. The number of ketones is 9. The molecule has 0 radical (unpaired) electrons. The maximum Gasteiger partial charge on any atom is 0.534 e. The molecule has 0 heterocycles. The second kappa shape index (κ2) is 62.2. The van der Waals surface area contributed by atoms with E-state index in [1.54, 1.807) is 110 Å². The van der Waals surface area contributed by atoms with E-state index >= 15 is 0 Å². The van der Waals surface area contributed by atoms with Crippen LogP contribution in [0, 0.1) is 95.5 Å². The van der Waals surface area contributed by atoms with Gasteiger partial charge in [-0.2, -0.15) is 21.6 Å². The molecule has 18 nitrogen and oxygen atoms in total. The van der Waals surface area contributed by atoms with Gasteiger partial charge in [0.2, 0.25) is 0 Å². The third-order valence-electron chi connectivity index (χ3n) is 15.9. The van der Waals surface area contributed by atoms with Crippen LogP contribution >= 0.6 is 34.8 Å². The molecule has 0 aromatic carbocycles. The highest BCUT2D eigenvalue weighted by molar-refractivity contribution is 7.87. The highest BCUT2D eigenvalue weighted by Crippen LogP contribution is 2.34. The molecule has 0 rings (SSSR count). The minimum atomic E-state index is -5.77. The molecule has 0 aromatic heterocycles. The smallest absolute Gasteiger partial charge is 0.481 e. The van der Waals surface area contributed by atoms with E-state index in [4.69, 9.17) is 51.4 Å². The zero-order chi connectivity index (χ0) is 87.7. The summed E-state index contributed by atoms with van der Waals surface area (Å²) in [5.41, 5.74) is -10.8. The molecule has 2 unspecified atom stereocenters. The standard InChI is InChI=1S/2C10H18O2.C8H11F3O4S.C8H14O.C7H9ClO.C7H12O2.C7H12O.C7H10O.C5H10O.C5H8O.C4H8O2.C2Cl2/c1-5-6-7-9(12)10(3,4)8(2)11;1-5-6-7-8(2)10(3,4)9(11)12;1-5(12)7(3,4)6(2)15-16(13,14)8(9,10)11;1-5-6-8(3,4)7(2)9;1-6(9)7(2,3)4-5-8;1-5(8)7(3,4)6(2)9;2*1-5-7(3,4)6(2)8;1-4(2)5(3)6;1-2-3-4-5-6;1-3(2)4(5)6;3-1-2-4/h5-6,9,12H,7H2,1-4H3;5-6,8H,7H2,1-4H3,(H,11,12);2H2,1,3-4H3;5-6H,1-4H3;1-3H3;1-4H3;5H,1H2,2-4H3;1H,2-4H3;4H,1-3H3;2-3,5H,4H2,1H3;3H,1-2H3,(H,5,6);/b2*6-5+;;6-5+;;;;;;3-2+;;. The monoisotopic (exact) mass is 1570 g/mol. The molecule has 0 aliphatic carbocycles. The fourth-order valence-corrected chi connectivity index (χ4v) is 4.35. The number of Topliss-reactive ketones (excluding diaryl/α,β-unsaturated/α-hetero) is 9. The highest BCUT2D eigenvalue weighted by Gasteiger charge is 2.50. The van der Waals surface area contributed by atoms with Gasteiger partial charge in [-0.05, 0) is 241 Å². The van der Waals surface area contributed by atoms with Crippen molar-refractivity contribution in [1.82, 2.24) is 0 Å². The number of allylic oxidation sites excluding steroid dienone is 9. The molecule has 3 N–H and O–H groups in total. The van der Waals surface area contributed by atoms with Crippen molar-refractivity contribution >= 4 is 115 Å². The molecule has 0 spiro atoms. The van der Waals surface area contributed by atoms with Crippen LogP contribution in [-0.4, -0.2) is 106 Å². The predicted molar refractivity (Wildman–Crippen MR) is 423 cm³/mol. The number of hydrogen-bond acceptors (Lipinski definition) is 16. The number of hydrogen-bond donors (Lipinski definition) is 3. The number of carbonyl (C=O) groups is 12. The van der Waals surface area contributed by atoms with Crippen LogP contribution in [0.1, 0.15) is 255 Å². The van der Waals surface area contributed by atoms with Crippen molar-refractivity contribution in [2.24, 2.45) is 61.1 Å². The van der Waals surface area contributed by atoms with Gasteiger partial charge in [0.05, 0.1) is 39.1 Å². The van der Waals surface area contributed by atoms with Crippen molar-refractivity contribution < 1.29 is 98.6 Å². The second-order valence-corrected chi connectivity index (χ2v) is 30.2. The van der Waals surface area contributed by atoms with Gasteiger partial charge in [0.25, 0.3) is 0 Å². The van der Waals surface area contributed by atoms with E-state index < -0.39 is 77.7 Å². The van der Waals surface area contributed by atoms with Crippen LogP contribution in [0.4, 0.5) is 13.2 Å². The number of aliphatic hydroxyl groups excluding tert-OH is 1. The largest absolute Gasteiger partial charge is 0.534 e. The molecule has 2 atom stereocenters. The molecule has 0 fully saturated rings. The first kappa shape index (κ1) is 125. The van der Waals surface area contributed by atoms with Crippen LogP contribution in [0.15, 0.2) is 73.6 Å². The fourth-order valence-electron chi connectivity index (χ4n) is 3.55. The van der Waals surface area contributed by atoms with E-state index in [2.05, 4.69) is 34.6 Å². The summed E-state index contributed by atoms with van der Waals surface area (Å²) in [4.78, 5) is 126. The quantitative estimate of drug-likeness (QED) is 0.0154. The van der Waals surface area contributed by atoms with E-state index in [1.807, 2.05) is 136 Å². The van der Waals surface area contributed by atoms with Crippen LogP contribution in [0.2, 0.25) is 0 Å². The van der Waals surface area contributed by atoms with Crippen molar-refractivity contribution in [2.45, 2.75) is 266 Å². The van der Waals surface area contributed by atoms with Crippen LogP contribution in [0.3, 0.4) is 0 Å². The fraction of sp³-hybridized carbons (Fsp3) is 0.625. The Bertz CT molecular complexity index is 3040. The molecule has 0 amide bonds. The van der Waals surface area contributed by atoms with Gasteiger partial charge in [0.1, 0.15) is 64.1 Å². The summed E-state index contributed by atoms with van der Waals surface area (Å²) in [5.74, 6) is 2.93. The van der Waals surface area contributed by atoms with Gasteiger partial charge >= 0.3 is 27.6 Å². The number of rotatable bonds is 24. The van der Waals surface area contributed by atoms with Crippen molar-refractivity contribution in [2.75, 3.05) is 0 Å². The Balaban J connectivity index is -0.0000000912. The Morgan fingerprint density at radius 1 is 0.514 bits per heavy atom. The molecule has 0 saturated carbocycles. The van der Waals surface area contributed by atoms with Crippen LogP contribution in [0.25, 0.3) is 0 Å². The van der Waals surface area contributed by atoms with Gasteiger partial charge < -0.3 is 24.3 Å². The third-order valence-corrected chi connectivity index (χ3v) is 17.2. The maximum atomic E-state index is 11.9. The lowest BCUT2D eigenvalue weighted by atomic mass is 9.78. The Kier molecular flexibility index (Phi) is 73.9. The molecule has 25 heteroatoms. The number of halogens is 6. The Hall–Kier alpha value is -6.87. The third kappa shape index (κ3) is 68.7. The summed E-state index contributed by atoms with van der Waals surface area (Å²) >= 11 is 14.5.